The summed E-state index contributed by atoms with van der Waals surface area (Å²) in [6, 6.07) is 5.57. The molecule has 0 spiro atoms. The molecule has 0 saturated carbocycles. The van der Waals surface area contributed by atoms with Crippen molar-refractivity contribution >= 4 is 17.6 Å². The number of halogens is 3. The molecule has 1 amide bonds. The summed E-state index contributed by atoms with van der Waals surface area (Å²) in [4.78, 5) is 23.4. The number of rotatable bonds is 7. The Kier molecular flexibility index (Phi) is 6.56. The molecule has 1 aromatic carbocycles. The molecule has 0 radical (unpaired) electrons. The highest BCUT2D eigenvalue weighted by molar-refractivity contribution is 5.91. The minimum atomic E-state index is -4.81. The second kappa shape index (κ2) is 8.67. The standard InChI is InChI=1S/C17H18F3N3O4/c1-3-27-16(25)13-10-21-23(15(13)17(18,19)20)12-6-4-11(5-7-12)22-14(24)8-9-26-2/h4-7,10H,3,8-9H2,1-2H3,(H,22,24). The average molecular weight is 385 g/mol. The first-order chi connectivity index (χ1) is 12.8. The van der Waals surface area contributed by atoms with Crippen LogP contribution < -0.4 is 5.32 Å². The lowest BCUT2D eigenvalue weighted by molar-refractivity contribution is -0.143. The van der Waals surface area contributed by atoms with E-state index in [4.69, 9.17) is 4.74 Å². The van der Waals surface area contributed by atoms with Crippen molar-refractivity contribution in [2.24, 2.45) is 0 Å². The number of hydrogen-bond acceptors (Lipinski definition) is 5. The summed E-state index contributed by atoms with van der Waals surface area (Å²) in [5.74, 6) is -1.39. The molecule has 0 unspecified atom stereocenters. The molecule has 1 aromatic heterocycles. The first kappa shape index (κ1) is 20.4. The Bertz CT molecular complexity index is 801. The van der Waals surface area contributed by atoms with Crippen molar-refractivity contribution in [2.75, 3.05) is 25.6 Å². The third kappa shape index (κ3) is 5.07. The van der Waals surface area contributed by atoms with E-state index in [9.17, 15) is 22.8 Å². The van der Waals surface area contributed by atoms with Crippen LogP contribution in [-0.2, 0) is 20.4 Å². The lowest BCUT2D eigenvalue weighted by Gasteiger charge is -2.13. The van der Waals surface area contributed by atoms with Crippen molar-refractivity contribution in [3.8, 4) is 5.69 Å². The van der Waals surface area contributed by atoms with Crippen LogP contribution in [0.3, 0.4) is 0 Å². The zero-order valence-corrected chi connectivity index (χ0v) is 14.7. The molecular weight excluding hydrogens is 367 g/mol. The minimum Gasteiger partial charge on any atom is -0.462 e. The Labute approximate surface area is 153 Å². The number of benzene rings is 1. The summed E-state index contributed by atoms with van der Waals surface area (Å²) < 4.78 is 50.4. The quantitative estimate of drug-likeness (QED) is 0.741. The molecule has 0 atom stereocenters. The first-order valence-corrected chi connectivity index (χ1v) is 7.99. The Balaban J connectivity index is 2.30. The van der Waals surface area contributed by atoms with Gasteiger partial charge in [-0.05, 0) is 31.2 Å². The number of anilines is 1. The number of nitrogens with one attached hydrogen (secondary N) is 1. The van der Waals surface area contributed by atoms with Gasteiger partial charge in [-0.1, -0.05) is 0 Å². The van der Waals surface area contributed by atoms with Crippen LogP contribution in [0.5, 0.6) is 0 Å². The van der Waals surface area contributed by atoms with E-state index in [1.165, 1.54) is 38.3 Å². The lowest BCUT2D eigenvalue weighted by atomic mass is 10.2. The number of alkyl halides is 3. The fourth-order valence-electron chi connectivity index (χ4n) is 2.28. The number of ether oxygens (including phenoxy) is 2. The minimum absolute atomic E-state index is 0.0568. The van der Waals surface area contributed by atoms with Gasteiger partial charge in [-0.3, -0.25) is 4.79 Å². The van der Waals surface area contributed by atoms with E-state index >= 15 is 0 Å². The van der Waals surface area contributed by atoms with Crippen molar-refractivity contribution in [3.05, 3.63) is 41.7 Å². The molecule has 0 bridgehead atoms. The predicted molar refractivity (Wildman–Crippen MR) is 89.6 cm³/mol. The maximum atomic E-state index is 13.5. The van der Waals surface area contributed by atoms with Crippen LogP contribution in [-0.4, -0.2) is 42.0 Å². The molecule has 0 fully saturated rings. The van der Waals surface area contributed by atoms with Gasteiger partial charge in [0, 0.05) is 12.8 Å². The molecule has 146 valence electrons. The number of nitrogens with zero attached hydrogens (tertiary/aromatic N) is 2. The molecule has 2 rings (SSSR count). The Morgan fingerprint density at radius 3 is 2.44 bits per heavy atom. The van der Waals surface area contributed by atoms with Crippen LogP contribution >= 0.6 is 0 Å². The number of aromatic nitrogens is 2. The van der Waals surface area contributed by atoms with E-state index in [0.717, 1.165) is 6.20 Å². The van der Waals surface area contributed by atoms with Gasteiger partial charge in [-0.2, -0.15) is 18.3 Å². The normalized spacial score (nSPS) is 11.3. The second-order valence-electron chi connectivity index (χ2n) is 5.37. The van der Waals surface area contributed by atoms with Gasteiger partial charge in [-0.15, -0.1) is 0 Å². The van der Waals surface area contributed by atoms with Crippen LogP contribution in [0.2, 0.25) is 0 Å². The third-order valence-corrected chi connectivity index (χ3v) is 3.46. The van der Waals surface area contributed by atoms with Crippen molar-refractivity contribution < 1.29 is 32.2 Å². The van der Waals surface area contributed by atoms with Gasteiger partial charge in [0.2, 0.25) is 5.91 Å². The Morgan fingerprint density at radius 1 is 1.22 bits per heavy atom. The van der Waals surface area contributed by atoms with Crippen molar-refractivity contribution in [1.29, 1.82) is 0 Å². The highest BCUT2D eigenvalue weighted by Crippen LogP contribution is 2.34. The zero-order chi connectivity index (χ0) is 20.0. The molecule has 7 nitrogen and oxygen atoms in total. The Hall–Kier alpha value is -2.88. The summed E-state index contributed by atoms with van der Waals surface area (Å²) in [6.45, 7) is 1.69. The maximum Gasteiger partial charge on any atom is 0.434 e. The SMILES string of the molecule is CCOC(=O)c1cnn(-c2ccc(NC(=O)CCOC)cc2)c1C(F)(F)F. The molecule has 0 aliphatic rings. The van der Waals surface area contributed by atoms with Crippen molar-refractivity contribution in [1.82, 2.24) is 9.78 Å². The molecular formula is C17H18F3N3O4. The fourth-order valence-corrected chi connectivity index (χ4v) is 2.28. The highest BCUT2D eigenvalue weighted by Gasteiger charge is 2.41. The van der Waals surface area contributed by atoms with Gasteiger partial charge in [0.15, 0.2) is 5.69 Å². The van der Waals surface area contributed by atoms with Gasteiger partial charge in [0.1, 0.15) is 5.56 Å². The largest absolute Gasteiger partial charge is 0.462 e. The Morgan fingerprint density at radius 2 is 1.89 bits per heavy atom. The summed E-state index contributed by atoms with van der Waals surface area (Å²) in [5.41, 5.74) is -1.40. The van der Waals surface area contributed by atoms with Crippen molar-refractivity contribution in [2.45, 2.75) is 19.5 Å². The predicted octanol–water partition coefficient (Wildman–Crippen LogP) is 3.04. The average Bonchev–Trinajstić information content (AvgIpc) is 3.06. The summed E-state index contributed by atoms with van der Waals surface area (Å²) in [6.07, 6.45) is -3.84. The monoisotopic (exact) mass is 385 g/mol. The molecule has 1 N–H and O–H groups in total. The number of methoxy groups -OCH3 is 1. The summed E-state index contributed by atoms with van der Waals surface area (Å²) in [7, 11) is 1.47. The molecule has 0 aliphatic heterocycles. The second-order valence-corrected chi connectivity index (χ2v) is 5.37. The van der Waals surface area contributed by atoms with Gasteiger partial charge in [-0.25, -0.2) is 9.48 Å². The van der Waals surface area contributed by atoms with Crippen LogP contribution in [0.25, 0.3) is 5.69 Å². The molecule has 10 heteroatoms. The van der Waals surface area contributed by atoms with Gasteiger partial charge in [0.05, 0.1) is 31.5 Å². The van der Waals surface area contributed by atoms with E-state index in [0.29, 0.717) is 10.4 Å². The summed E-state index contributed by atoms with van der Waals surface area (Å²) in [5, 5.41) is 6.27. The van der Waals surface area contributed by atoms with E-state index < -0.39 is 23.4 Å². The number of esters is 1. The van der Waals surface area contributed by atoms with E-state index in [2.05, 4.69) is 15.2 Å². The third-order valence-electron chi connectivity index (χ3n) is 3.46. The van der Waals surface area contributed by atoms with Gasteiger partial charge in [0.25, 0.3) is 0 Å². The number of amides is 1. The van der Waals surface area contributed by atoms with E-state index in [-0.39, 0.29) is 31.2 Å². The zero-order valence-electron chi connectivity index (χ0n) is 14.7. The number of hydrogen-bond donors (Lipinski definition) is 1. The molecule has 0 aliphatic carbocycles. The number of carbonyl (C=O) groups excluding carboxylic acids is 2. The van der Waals surface area contributed by atoms with Crippen LogP contribution in [0.15, 0.2) is 30.5 Å². The van der Waals surface area contributed by atoms with Crippen LogP contribution in [0.1, 0.15) is 29.4 Å². The van der Waals surface area contributed by atoms with Crippen LogP contribution in [0.4, 0.5) is 18.9 Å². The van der Waals surface area contributed by atoms with Gasteiger partial charge < -0.3 is 14.8 Å². The molecule has 27 heavy (non-hydrogen) atoms. The molecule has 0 saturated heterocycles. The topological polar surface area (TPSA) is 82.5 Å². The van der Waals surface area contributed by atoms with Gasteiger partial charge >= 0.3 is 12.1 Å². The van der Waals surface area contributed by atoms with Crippen molar-refractivity contribution in [3.63, 3.8) is 0 Å². The smallest absolute Gasteiger partial charge is 0.434 e. The maximum absolute atomic E-state index is 13.5. The fraction of sp³-hybridized carbons (Fsp3) is 0.353. The molecule has 2 aromatic rings. The molecule has 1 heterocycles. The van der Waals surface area contributed by atoms with E-state index in [1.54, 1.807) is 0 Å². The first-order valence-electron chi connectivity index (χ1n) is 7.99. The van der Waals surface area contributed by atoms with Crippen LogP contribution in [0, 0.1) is 0 Å². The lowest BCUT2D eigenvalue weighted by Crippen LogP contribution is -2.18. The highest BCUT2D eigenvalue weighted by atomic mass is 19.4. The number of carbonyl (C=O) groups is 2. The van der Waals surface area contributed by atoms with E-state index in [1.807, 2.05) is 0 Å². The summed E-state index contributed by atoms with van der Waals surface area (Å²) >= 11 is 0.